The highest BCUT2D eigenvalue weighted by molar-refractivity contribution is 5.98. The summed E-state index contributed by atoms with van der Waals surface area (Å²) < 4.78 is 0. The molecule has 2 N–H and O–H groups in total. The fourth-order valence-electron chi connectivity index (χ4n) is 1.83. The van der Waals surface area contributed by atoms with Gasteiger partial charge in [0.05, 0.1) is 5.52 Å². The maximum absolute atomic E-state index is 9.70. The molecule has 2 aromatic carbocycles. The van der Waals surface area contributed by atoms with Gasteiger partial charge in [-0.2, -0.15) is 0 Å². The molecule has 0 aliphatic carbocycles. The molecule has 0 spiro atoms. The summed E-state index contributed by atoms with van der Waals surface area (Å²) in [4.78, 5) is 4.33. The Morgan fingerprint density at radius 2 is 1.62 bits per heavy atom. The molecule has 0 bridgehead atoms. The summed E-state index contributed by atoms with van der Waals surface area (Å²) in [6, 6.07) is 12.3. The highest BCUT2D eigenvalue weighted by Crippen LogP contribution is 2.32. The molecule has 0 amide bonds. The van der Waals surface area contributed by atoms with Crippen molar-refractivity contribution in [2.45, 2.75) is 0 Å². The summed E-state index contributed by atoms with van der Waals surface area (Å²) in [5, 5.41) is 20.9. The normalized spacial score (nSPS) is 11.0. The molecule has 78 valence electrons. The standard InChI is InChI=1S/C13H9NO2/c15-11-5-6-12(16)13-9(11)7-8-3-1-2-4-10(8)14-13/h1-7,15-16H. The quantitative estimate of drug-likeness (QED) is 0.444. The van der Waals surface area contributed by atoms with Crippen LogP contribution in [-0.4, -0.2) is 15.2 Å². The molecule has 0 saturated heterocycles. The summed E-state index contributed by atoms with van der Waals surface area (Å²) >= 11 is 0. The molecule has 3 aromatic rings. The van der Waals surface area contributed by atoms with Gasteiger partial charge in [-0.05, 0) is 24.3 Å². The third-order valence-corrected chi connectivity index (χ3v) is 2.64. The van der Waals surface area contributed by atoms with Crippen LogP contribution in [-0.2, 0) is 0 Å². The van der Waals surface area contributed by atoms with E-state index in [0.717, 1.165) is 10.9 Å². The highest BCUT2D eigenvalue weighted by Gasteiger charge is 2.07. The molecule has 0 atom stereocenters. The van der Waals surface area contributed by atoms with Gasteiger partial charge in [0, 0.05) is 10.8 Å². The molecule has 0 radical (unpaired) electrons. The third kappa shape index (κ3) is 1.18. The van der Waals surface area contributed by atoms with Gasteiger partial charge in [0.25, 0.3) is 0 Å². The van der Waals surface area contributed by atoms with Gasteiger partial charge >= 0.3 is 0 Å². The van der Waals surface area contributed by atoms with Crippen molar-refractivity contribution in [2.24, 2.45) is 0 Å². The smallest absolute Gasteiger partial charge is 0.142 e. The molecule has 16 heavy (non-hydrogen) atoms. The van der Waals surface area contributed by atoms with Gasteiger partial charge < -0.3 is 10.2 Å². The monoisotopic (exact) mass is 211 g/mol. The van der Waals surface area contributed by atoms with E-state index in [-0.39, 0.29) is 11.5 Å². The Balaban J connectivity index is 2.56. The highest BCUT2D eigenvalue weighted by atomic mass is 16.3. The third-order valence-electron chi connectivity index (χ3n) is 2.64. The zero-order chi connectivity index (χ0) is 11.1. The molecule has 3 nitrogen and oxygen atoms in total. The van der Waals surface area contributed by atoms with E-state index in [1.54, 1.807) is 0 Å². The largest absolute Gasteiger partial charge is 0.507 e. The van der Waals surface area contributed by atoms with Crippen molar-refractivity contribution in [3.05, 3.63) is 42.5 Å². The number of phenols is 2. The first kappa shape index (κ1) is 8.97. The molecule has 0 unspecified atom stereocenters. The number of pyridine rings is 1. The van der Waals surface area contributed by atoms with E-state index in [9.17, 15) is 10.2 Å². The molecule has 0 saturated carbocycles. The average molecular weight is 211 g/mol. The van der Waals surface area contributed by atoms with Crippen LogP contribution in [0.25, 0.3) is 21.8 Å². The number of fused-ring (bicyclic) bond motifs is 2. The van der Waals surface area contributed by atoms with Gasteiger partial charge in [0.15, 0.2) is 0 Å². The summed E-state index contributed by atoms with van der Waals surface area (Å²) in [6.07, 6.45) is 0. The van der Waals surface area contributed by atoms with Crippen molar-refractivity contribution in [3.63, 3.8) is 0 Å². The second-order valence-electron chi connectivity index (χ2n) is 3.68. The number of aromatic hydroxyl groups is 2. The van der Waals surface area contributed by atoms with Gasteiger partial charge in [-0.3, -0.25) is 0 Å². The van der Waals surface area contributed by atoms with Crippen LogP contribution in [0.5, 0.6) is 11.5 Å². The number of para-hydroxylation sites is 1. The van der Waals surface area contributed by atoms with Crippen LogP contribution in [0.4, 0.5) is 0 Å². The van der Waals surface area contributed by atoms with E-state index in [1.165, 1.54) is 12.1 Å². The minimum absolute atomic E-state index is 0.0820. The Morgan fingerprint density at radius 1 is 0.875 bits per heavy atom. The van der Waals surface area contributed by atoms with Crippen molar-refractivity contribution < 1.29 is 10.2 Å². The molecular formula is C13H9NO2. The molecule has 1 aromatic heterocycles. The maximum atomic E-state index is 9.70. The number of benzene rings is 2. The van der Waals surface area contributed by atoms with E-state index in [0.29, 0.717) is 10.9 Å². The molecule has 3 heteroatoms. The summed E-state index contributed by atoms with van der Waals surface area (Å²) in [7, 11) is 0. The molecule has 3 rings (SSSR count). The van der Waals surface area contributed by atoms with E-state index in [2.05, 4.69) is 4.98 Å². The van der Waals surface area contributed by atoms with Gasteiger partial charge in [0.2, 0.25) is 0 Å². The molecular weight excluding hydrogens is 202 g/mol. The zero-order valence-corrected chi connectivity index (χ0v) is 8.38. The van der Waals surface area contributed by atoms with Gasteiger partial charge in [-0.25, -0.2) is 4.98 Å². The van der Waals surface area contributed by atoms with Crippen LogP contribution >= 0.6 is 0 Å². The Labute approximate surface area is 91.6 Å². The van der Waals surface area contributed by atoms with Crippen LogP contribution < -0.4 is 0 Å². The van der Waals surface area contributed by atoms with Crippen LogP contribution in [0.15, 0.2) is 42.5 Å². The summed E-state index contributed by atoms with van der Waals surface area (Å²) in [6.45, 7) is 0. The number of hydrogen-bond acceptors (Lipinski definition) is 3. The van der Waals surface area contributed by atoms with E-state index in [4.69, 9.17) is 0 Å². The number of hydrogen-bond donors (Lipinski definition) is 2. The van der Waals surface area contributed by atoms with E-state index in [1.807, 2.05) is 30.3 Å². The molecule has 1 heterocycles. The van der Waals surface area contributed by atoms with Crippen molar-refractivity contribution >= 4 is 21.8 Å². The molecule has 0 aliphatic heterocycles. The fourth-order valence-corrected chi connectivity index (χ4v) is 1.83. The van der Waals surface area contributed by atoms with Gasteiger partial charge in [-0.1, -0.05) is 18.2 Å². The topological polar surface area (TPSA) is 53.4 Å². The second kappa shape index (κ2) is 3.10. The Morgan fingerprint density at radius 3 is 2.50 bits per heavy atom. The van der Waals surface area contributed by atoms with Crippen molar-refractivity contribution in [1.82, 2.24) is 4.98 Å². The summed E-state index contributed by atoms with van der Waals surface area (Å²) in [5.41, 5.74) is 1.23. The SMILES string of the molecule is Oc1ccc(O)c2nc3ccccc3cc12. The lowest BCUT2D eigenvalue weighted by molar-refractivity contribution is 0.468. The predicted molar refractivity (Wildman–Crippen MR) is 62.6 cm³/mol. The Hall–Kier alpha value is -2.29. The van der Waals surface area contributed by atoms with Crippen LogP contribution in [0.1, 0.15) is 0 Å². The predicted octanol–water partition coefficient (Wildman–Crippen LogP) is 2.80. The van der Waals surface area contributed by atoms with E-state index < -0.39 is 0 Å². The lowest BCUT2D eigenvalue weighted by atomic mass is 10.1. The minimum Gasteiger partial charge on any atom is -0.507 e. The number of aromatic nitrogens is 1. The number of rotatable bonds is 0. The van der Waals surface area contributed by atoms with Crippen LogP contribution in [0.3, 0.4) is 0 Å². The van der Waals surface area contributed by atoms with Gasteiger partial charge in [-0.15, -0.1) is 0 Å². The first-order chi connectivity index (χ1) is 7.75. The maximum Gasteiger partial charge on any atom is 0.142 e. The van der Waals surface area contributed by atoms with Crippen molar-refractivity contribution in [1.29, 1.82) is 0 Å². The Kier molecular flexibility index (Phi) is 1.74. The summed E-state index contributed by atoms with van der Waals surface area (Å²) in [5.74, 6) is 0.213. The lowest BCUT2D eigenvalue weighted by Gasteiger charge is -2.04. The molecule has 0 fully saturated rings. The van der Waals surface area contributed by atoms with E-state index >= 15 is 0 Å². The van der Waals surface area contributed by atoms with Crippen LogP contribution in [0.2, 0.25) is 0 Å². The van der Waals surface area contributed by atoms with Crippen LogP contribution in [0, 0.1) is 0 Å². The fraction of sp³-hybridized carbons (Fsp3) is 0. The zero-order valence-electron chi connectivity index (χ0n) is 8.38. The van der Waals surface area contributed by atoms with Crippen molar-refractivity contribution in [2.75, 3.05) is 0 Å². The molecule has 0 aliphatic rings. The van der Waals surface area contributed by atoms with Gasteiger partial charge in [0.1, 0.15) is 17.0 Å². The Bertz CT molecular complexity index is 632. The van der Waals surface area contributed by atoms with Crippen molar-refractivity contribution in [3.8, 4) is 11.5 Å². The minimum atomic E-state index is 0.0820. The lowest BCUT2D eigenvalue weighted by Crippen LogP contribution is -1.83. The number of phenolic OH excluding ortho intramolecular Hbond substituents is 2. The average Bonchev–Trinajstić information content (AvgIpc) is 2.32. The first-order valence-electron chi connectivity index (χ1n) is 4.96. The first-order valence-corrected chi connectivity index (χ1v) is 4.96. The second-order valence-corrected chi connectivity index (χ2v) is 3.68. The number of nitrogens with zero attached hydrogens (tertiary/aromatic N) is 1.